The van der Waals surface area contributed by atoms with Gasteiger partial charge in [0.2, 0.25) is 5.91 Å². The number of hydrazine groups is 1. The van der Waals surface area contributed by atoms with E-state index in [-0.39, 0.29) is 23.6 Å². The van der Waals surface area contributed by atoms with Gasteiger partial charge in [0.05, 0.1) is 11.6 Å². The maximum Gasteiger partial charge on any atom is 0.254 e. The maximum absolute atomic E-state index is 12.9. The maximum atomic E-state index is 12.9. The smallest absolute Gasteiger partial charge is 0.254 e. The number of aryl methyl sites for hydroxylation is 1. The van der Waals surface area contributed by atoms with Crippen molar-refractivity contribution in [2.45, 2.75) is 44.2 Å². The Bertz CT molecular complexity index is 911. The normalized spacial score (nSPS) is 21.2. The van der Waals surface area contributed by atoms with Gasteiger partial charge in [-0.2, -0.15) is 0 Å². The van der Waals surface area contributed by atoms with Crippen molar-refractivity contribution < 1.29 is 14.7 Å². The Morgan fingerprint density at radius 2 is 1.96 bits per heavy atom. The number of phenols is 1. The largest absolute Gasteiger partial charge is 0.508 e. The Hall–Kier alpha value is -2.42. The molecule has 2 amide bonds. The Balaban J connectivity index is 1.51. The second-order valence-corrected chi connectivity index (χ2v) is 8.28. The van der Waals surface area contributed by atoms with Crippen LogP contribution in [-0.2, 0) is 17.6 Å². The zero-order valence-electron chi connectivity index (χ0n) is 15.7. The van der Waals surface area contributed by atoms with Gasteiger partial charge in [0.1, 0.15) is 16.8 Å². The lowest BCUT2D eigenvalue weighted by Crippen LogP contribution is -2.39. The van der Waals surface area contributed by atoms with Crippen molar-refractivity contribution in [2.75, 3.05) is 12.4 Å². The van der Waals surface area contributed by atoms with Gasteiger partial charge in [-0.1, -0.05) is 18.2 Å². The number of phenolic OH excluding ortho intramolecular Hbond substituents is 1. The summed E-state index contributed by atoms with van der Waals surface area (Å²) in [7, 11) is 1.61. The van der Waals surface area contributed by atoms with Crippen LogP contribution in [0.25, 0.3) is 0 Å². The Morgan fingerprint density at radius 3 is 2.75 bits per heavy atom. The van der Waals surface area contributed by atoms with Crippen molar-refractivity contribution in [3.63, 3.8) is 0 Å². The lowest BCUT2D eigenvalue weighted by molar-refractivity contribution is -0.117. The Kier molecular flexibility index (Phi) is 5.34. The van der Waals surface area contributed by atoms with Crippen LogP contribution < -0.4 is 21.5 Å². The molecule has 28 heavy (non-hydrogen) atoms. The molecule has 0 saturated carbocycles. The number of hydrogen-bond donors (Lipinski definition) is 5. The molecule has 148 valence electrons. The average molecular weight is 401 g/mol. The van der Waals surface area contributed by atoms with Gasteiger partial charge in [-0.3, -0.25) is 9.59 Å². The van der Waals surface area contributed by atoms with Crippen molar-refractivity contribution in [2.24, 2.45) is 0 Å². The zero-order chi connectivity index (χ0) is 19.7. The molecule has 2 heterocycles. The molecule has 1 aromatic heterocycles. The molecule has 1 saturated heterocycles. The summed E-state index contributed by atoms with van der Waals surface area (Å²) in [5.41, 5.74) is 8.53. The van der Waals surface area contributed by atoms with Crippen molar-refractivity contribution in [1.82, 2.24) is 16.2 Å². The molecule has 4 rings (SSSR count). The Morgan fingerprint density at radius 1 is 1.18 bits per heavy atom. The zero-order valence-corrected chi connectivity index (χ0v) is 16.5. The molecule has 1 aromatic carbocycles. The second-order valence-electron chi connectivity index (χ2n) is 7.17. The number of rotatable bonds is 4. The molecule has 1 aliphatic heterocycles. The van der Waals surface area contributed by atoms with Gasteiger partial charge in [-0.25, -0.2) is 10.9 Å². The lowest BCUT2D eigenvalue weighted by Gasteiger charge is -2.13. The van der Waals surface area contributed by atoms with E-state index in [1.54, 1.807) is 19.2 Å². The van der Waals surface area contributed by atoms with Gasteiger partial charge in [0.15, 0.2) is 0 Å². The number of thiophene rings is 1. The van der Waals surface area contributed by atoms with Gasteiger partial charge in [0.25, 0.3) is 5.91 Å². The fourth-order valence-electron chi connectivity index (χ4n) is 3.93. The monoisotopic (exact) mass is 400 g/mol. The summed E-state index contributed by atoms with van der Waals surface area (Å²) in [4.78, 5) is 26.5. The first-order valence-electron chi connectivity index (χ1n) is 9.55. The molecule has 0 radical (unpaired) electrons. The molecular formula is C20H24N4O3S. The predicted molar refractivity (Wildman–Crippen MR) is 109 cm³/mol. The van der Waals surface area contributed by atoms with Crippen molar-refractivity contribution in [3.8, 4) is 5.75 Å². The number of para-hydroxylation sites is 1. The third-order valence-corrected chi connectivity index (χ3v) is 6.60. The number of carbonyl (C=O) groups is 2. The third kappa shape index (κ3) is 3.50. The van der Waals surface area contributed by atoms with Crippen LogP contribution in [0.15, 0.2) is 24.3 Å². The highest BCUT2D eigenvalue weighted by Crippen LogP contribution is 2.38. The van der Waals surface area contributed by atoms with Crippen molar-refractivity contribution in [3.05, 3.63) is 45.8 Å². The van der Waals surface area contributed by atoms with E-state index < -0.39 is 6.04 Å². The molecule has 5 N–H and O–H groups in total. The van der Waals surface area contributed by atoms with E-state index in [4.69, 9.17) is 0 Å². The average Bonchev–Trinajstić information content (AvgIpc) is 3.32. The molecule has 2 atom stereocenters. The third-order valence-electron chi connectivity index (χ3n) is 5.39. The minimum Gasteiger partial charge on any atom is -0.508 e. The predicted octanol–water partition coefficient (Wildman–Crippen LogP) is 2.24. The molecule has 1 aliphatic carbocycles. The second kappa shape index (κ2) is 7.90. The van der Waals surface area contributed by atoms with Crippen LogP contribution in [-0.4, -0.2) is 30.0 Å². The van der Waals surface area contributed by atoms with Gasteiger partial charge in [-0.05, 0) is 43.7 Å². The van der Waals surface area contributed by atoms with E-state index in [2.05, 4.69) is 21.5 Å². The first kappa shape index (κ1) is 18.9. The first-order chi connectivity index (χ1) is 13.6. The molecular weight excluding hydrogens is 376 g/mol. The van der Waals surface area contributed by atoms with Crippen LogP contribution in [0.4, 0.5) is 5.00 Å². The number of aromatic hydroxyl groups is 1. The number of nitrogens with one attached hydrogen (secondary N) is 4. The first-order valence-corrected chi connectivity index (χ1v) is 10.4. The van der Waals surface area contributed by atoms with Gasteiger partial charge < -0.3 is 15.7 Å². The van der Waals surface area contributed by atoms with Crippen molar-refractivity contribution >= 4 is 28.2 Å². The number of benzene rings is 1. The molecule has 2 aliphatic rings. The lowest BCUT2D eigenvalue weighted by atomic mass is 9.95. The number of fused-ring (bicyclic) bond motifs is 1. The van der Waals surface area contributed by atoms with Crippen LogP contribution in [0.2, 0.25) is 0 Å². The molecule has 1 fully saturated rings. The Labute approximate surface area is 167 Å². The molecule has 8 heteroatoms. The van der Waals surface area contributed by atoms with Gasteiger partial charge in [-0.15, -0.1) is 11.3 Å². The highest BCUT2D eigenvalue weighted by atomic mass is 32.1. The van der Waals surface area contributed by atoms with Crippen LogP contribution in [0.5, 0.6) is 5.75 Å². The van der Waals surface area contributed by atoms with Crippen molar-refractivity contribution in [1.29, 1.82) is 0 Å². The summed E-state index contributed by atoms with van der Waals surface area (Å²) in [5.74, 6) is -0.135. The fraction of sp³-hybridized carbons (Fsp3) is 0.400. The standard InChI is InChI=1S/C20H24N4O3S/c1-21-19(27)17-12-7-3-5-9-16(12)28-20(17)22-18(26)14-10-13(23-24-14)11-6-2-4-8-15(11)25/h2,4,6,8,13-14,23-25H,3,5,7,9-10H2,1H3,(H,21,27)(H,22,26). The van der Waals surface area contributed by atoms with Crippen LogP contribution >= 0.6 is 11.3 Å². The van der Waals surface area contributed by atoms with Crippen LogP contribution in [0, 0.1) is 0 Å². The van der Waals surface area contributed by atoms with E-state index >= 15 is 0 Å². The van der Waals surface area contributed by atoms with Crippen LogP contribution in [0.1, 0.15) is 51.7 Å². The summed E-state index contributed by atoms with van der Waals surface area (Å²) in [6.45, 7) is 0. The minimum atomic E-state index is -0.457. The highest BCUT2D eigenvalue weighted by Gasteiger charge is 2.33. The van der Waals surface area contributed by atoms with E-state index in [0.29, 0.717) is 17.0 Å². The summed E-state index contributed by atoms with van der Waals surface area (Å²) < 4.78 is 0. The van der Waals surface area contributed by atoms with Crippen LogP contribution in [0.3, 0.4) is 0 Å². The molecule has 2 aromatic rings. The molecule has 0 spiro atoms. The molecule has 7 nitrogen and oxygen atoms in total. The van der Waals surface area contributed by atoms with E-state index in [9.17, 15) is 14.7 Å². The highest BCUT2D eigenvalue weighted by molar-refractivity contribution is 7.17. The van der Waals surface area contributed by atoms with Gasteiger partial charge >= 0.3 is 0 Å². The number of amides is 2. The SMILES string of the molecule is CNC(=O)c1c(NC(=O)C2CC(c3ccccc3O)NN2)sc2c1CCCC2. The number of anilines is 1. The topological polar surface area (TPSA) is 102 Å². The summed E-state index contributed by atoms with van der Waals surface area (Å²) in [5, 5.41) is 16.3. The van der Waals surface area contributed by atoms with E-state index in [0.717, 1.165) is 36.8 Å². The number of hydrogen-bond acceptors (Lipinski definition) is 6. The van der Waals surface area contributed by atoms with E-state index in [1.807, 2.05) is 12.1 Å². The summed E-state index contributed by atoms with van der Waals surface area (Å²) in [6, 6.07) is 6.48. The summed E-state index contributed by atoms with van der Waals surface area (Å²) in [6.07, 6.45) is 4.52. The van der Waals surface area contributed by atoms with E-state index in [1.165, 1.54) is 16.2 Å². The molecule has 2 unspecified atom stereocenters. The fourth-order valence-corrected chi connectivity index (χ4v) is 5.22. The quantitative estimate of drug-likeness (QED) is 0.542. The minimum absolute atomic E-state index is 0.153. The van der Waals surface area contributed by atoms with Gasteiger partial charge in [0, 0.05) is 17.5 Å². The molecule has 0 bridgehead atoms. The number of carbonyl (C=O) groups excluding carboxylic acids is 2. The summed E-state index contributed by atoms with van der Waals surface area (Å²) >= 11 is 1.51.